The van der Waals surface area contributed by atoms with Gasteiger partial charge in [-0.15, -0.1) is 5.10 Å². The fraction of sp³-hybridized carbons (Fsp3) is 0.714. The molecule has 1 heterocycles. The van der Waals surface area contributed by atoms with E-state index in [0.717, 1.165) is 4.57 Å². The Labute approximate surface area is 84.0 Å². The monoisotopic (exact) mass is 224 g/mol. The Hall–Kier alpha value is -1.31. The highest BCUT2D eigenvalue weighted by atomic mass is 19.4. The summed E-state index contributed by atoms with van der Waals surface area (Å²) in [6, 6.07) is -0.157. The second-order valence-electron chi connectivity index (χ2n) is 2.84. The first-order valence-corrected chi connectivity index (χ1v) is 4.21. The molecule has 2 N–H and O–H groups in total. The van der Waals surface area contributed by atoms with Gasteiger partial charge in [-0.25, -0.2) is 0 Å². The van der Waals surface area contributed by atoms with Crippen LogP contribution in [0.15, 0.2) is 0 Å². The smallest absolute Gasteiger partial charge is 0.406 e. The van der Waals surface area contributed by atoms with E-state index in [2.05, 4.69) is 14.9 Å². The summed E-state index contributed by atoms with van der Waals surface area (Å²) in [5.41, 5.74) is 5.24. The Bertz CT molecular complexity index is 323. The fourth-order valence-electron chi connectivity index (χ4n) is 1.12. The van der Waals surface area contributed by atoms with Gasteiger partial charge in [0.25, 0.3) is 0 Å². The third-order valence-corrected chi connectivity index (χ3v) is 1.68. The third-order valence-electron chi connectivity index (χ3n) is 1.68. The topological polar surface area (TPSA) is 66.0 Å². The zero-order valence-electron chi connectivity index (χ0n) is 8.08. The zero-order valence-corrected chi connectivity index (χ0v) is 8.08. The molecule has 0 spiro atoms. The Morgan fingerprint density at radius 2 is 2.07 bits per heavy atom. The highest BCUT2D eigenvalue weighted by Crippen LogP contribution is 2.21. The quantitative estimate of drug-likeness (QED) is 0.801. The van der Waals surface area contributed by atoms with E-state index in [0.29, 0.717) is 0 Å². The molecule has 1 rings (SSSR count). The Kier molecular flexibility index (Phi) is 3.51. The first kappa shape index (κ1) is 11.8. The van der Waals surface area contributed by atoms with E-state index in [-0.39, 0.29) is 24.8 Å². The van der Waals surface area contributed by atoms with Crippen LogP contribution < -0.4 is 10.5 Å². The molecule has 0 fully saturated rings. The average Bonchev–Trinajstić information content (AvgIpc) is 2.47. The minimum Gasteiger partial charge on any atom is -0.467 e. The van der Waals surface area contributed by atoms with Gasteiger partial charge in [0.05, 0.1) is 7.11 Å². The molecule has 1 aromatic heterocycles. The first-order chi connectivity index (χ1) is 6.98. The lowest BCUT2D eigenvalue weighted by Gasteiger charge is -2.11. The van der Waals surface area contributed by atoms with E-state index in [1.54, 1.807) is 0 Å². The molecule has 5 nitrogen and oxygen atoms in total. The van der Waals surface area contributed by atoms with Crippen molar-refractivity contribution in [3.8, 4) is 6.01 Å². The maximum atomic E-state index is 12.2. The maximum absolute atomic E-state index is 12.2. The van der Waals surface area contributed by atoms with Crippen LogP contribution in [0.25, 0.3) is 0 Å². The fourth-order valence-corrected chi connectivity index (χ4v) is 1.12. The van der Waals surface area contributed by atoms with Crippen molar-refractivity contribution in [1.82, 2.24) is 14.8 Å². The number of aromatic nitrogens is 3. The number of ether oxygens (including phenoxy) is 1. The van der Waals surface area contributed by atoms with Gasteiger partial charge in [0.15, 0.2) is 0 Å². The van der Waals surface area contributed by atoms with Crippen molar-refractivity contribution < 1.29 is 17.9 Å². The Morgan fingerprint density at radius 3 is 2.53 bits per heavy atom. The molecule has 0 amide bonds. The molecule has 8 heteroatoms. The second kappa shape index (κ2) is 4.47. The van der Waals surface area contributed by atoms with Crippen LogP contribution in [0.2, 0.25) is 0 Å². The molecule has 0 aromatic carbocycles. The molecule has 0 saturated carbocycles. The van der Waals surface area contributed by atoms with Crippen molar-refractivity contribution in [3.63, 3.8) is 0 Å². The number of nitrogens with zero attached hydrogens (tertiary/aromatic N) is 3. The number of methoxy groups -OCH3 is 1. The van der Waals surface area contributed by atoms with E-state index in [4.69, 9.17) is 5.73 Å². The molecule has 1 aromatic rings. The third kappa shape index (κ3) is 3.08. The van der Waals surface area contributed by atoms with Gasteiger partial charge in [-0.1, -0.05) is 5.10 Å². The van der Waals surface area contributed by atoms with Crippen LogP contribution in [0.3, 0.4) is 0 Å². The number of hydrogen-bond donors (Lipinski definition) is 1. The van der Waals surface area contributed by atoms with Crippen molar-refractivity contribution in [2.24, 2.45) is 5.73 Å². The molecule has 0 radical (unpaired) electrons. The predicted octanol–water partition coefficient (Wildman–Crippen LogP) is 0.350. The number of hydrogen-bond acceptors (Lipinski definition) is 4. The van der Waals surface area contributed by atoms with Gasteiger partial charge in [0, 0.05) is 6.42 Å². The molecule has 0 bridgehead atoms. The molecule has 0 atom stereocenters. The predicted molar refractivity (Wildman–Crippen MR) is 45.4 cm³/mol. The number of alkyl halides is 3. The normalized spacial score (nSPS) is 11.8. The molecule has 86 valence electrons. The van der Waals surface area contributed by atoms with Crippen molar-refractivity contribution in [2.75, 3.05) is 13.7 Å². The van der Waals surface area contributed by atoms with Crippen molar-refractivity contribution in [1.29, 1.82) is 0 Å². The highest BCUT2D eigenvalue weighted by molar-refractivity contribution is 5.01. The largest absolute Gasteiger partial charge is 0.467 e. The highest BCUT2D eigenvalue weighted by Gasteiger charge is 2.31. The summed E-state index contributed by atoms with van der Waals surface area (Å²) in [4.78, 5) is 0. The average molecular weight is 224 g/mol. The molecule has 15 heavy (non-hydrogen) atoms. The van der Waals surface area contributed by atoms with E-state index in [1.165, 1.54) is 7.11 Å². The lowest BCUT2D eigenvalue weighted by Crippen LogP contribution is -2.21. The Morgan fingerprint density at radius 1 is 1.40 bits per heavy atom. The van der Waals surface area contributed by atoms with E-state index >= 15 is 0 Å². The van der Waals surface area contributed by atoms with Gasteiger partial charge in [-0.3, -0.25) is 4.57 Å². The molecule has 0 unspecified atom stereocenters. The van der Waals surface area contributed by atoms with Gasteiger partial charge in [-0.05, 0) is 6.54 Å². The van der Waals surface area contributed by atoms with Crippen molar-refractivity contribution in [3.05, 3.63) is 5.82 Å². The lowest BCUT2D eigenvalue weighted by atomic mass is 10.4. The Balaban J connectivity index is 2.94. The van der Waals surface area contributed by atoms with Crippen LogP contribution in [0, 0.1) is 0 Å². The lowest BCUT2D eigenvalue weighted by molar-refractivity contribution is -0.141. The summed E-state index contributed by atoms with van der Waals surface area (Å²) >= 11 is 0. The van der Waals surface area contributed by atoms with Crippen LogP contribution in [0.4, 0.5) is 13.2 Å². The van der Waals surface area contributed by atoms with Crippen LogP contribution in [0.5, 0.6) is 6.01 Å². The van der Waals surface area contributed by atoms with Gasteiger partial charge in [0.1, 0.15) is 12.4 Å². The maximum Gasteiger partial charge on any atom is 0.406 e. The molecule has 0 aliphatic heterocycles. The van der Waals surface area contributed by atoms with Crippen LogP contribution in [-0.4, -0.2) is 34.6 Å². The van der Waals surface area contributed by atoms with Gasteiger partial charge >= 0.3 is 12.2 Å². The summed E-state index contributed by atoms with van der Waals surface area (Å²) in [6.45, 7) is -0.960. The molecule has 0 aliphatic rings. The van der Waals surface area contributed by atoms with Gasteiger partial charge in [0.2, 0.25) is 0 Å². The van der Waals surface area contributed by atoms with Crippen molar-refractivity contribution in [2.45, 2.75) is 19.1 Å². The molecular formula is C7H11F3N4O. The summed E-state index contributed by atoms with van der Waals surface area (Å²) in [5.74, 6) is 0.173. The van der Waals surface area contributed by atoms with Crippen LogP contribution in [-0.2, 0) is 13.0 Å². The minimum atomic E-state index is -4.33. The molecule has 0 aliphatic carbocycles. The van der Waals surface area contributed by atoms with E-state index in [1.807, 2.05) is 0 Å². The number of nitrogens with two attached hydrogens (primary N) is 1. The summed E-state index contributed by atoms with van der Waals surface area (Å²) < 4.78 is 42.1. The minimum absolute atomic E-state index is 0.157. The summed E-state index contributed by atoms with van der Waals surface area (Å²) in [6.07, 6.45) is -4.11. The SMILES string of the molecule is COc1nnc(CCN)n1CC(F)(F)F. The van der Waals surface area contributed by atoms with Crippen LogP contribution in [0.1, 0.15) is 5.82 Å². The summed E-state index contributed by atoms with van der Waals surface area (Å²) in [5, 5.41) is 7.04. The standard InChI is InChI=1S/C7H11F3N4O/c1-15-6-13-12-5(2-3-11)14(6)4-7(8,9)10/h2-4,11H2,1H3. The van der Waals surface area contributed by atoms with E-state index in [9.17, 15) is 13.2 Å². The molecular weight excluding hydrogens is 213 g/mol. The van der Waals surface area contributed by atoms with Crippen molar-refractivity contribution >= 4 is 0 Å². The molecule has 0 saturated heterocycles. The number of rotatable bonds is 4. The second-order valence-corrected chi connectivity index (χ2v) is 2.84. The number of halogens is 3. The van der Waals surface area contributed by atoms with Gasteiger partial charge < -0.3 is 10.5 Å². The van der Waals surface area contributed by atoms with E-state index < -0.39 is 12.7 Å². The zero-order chi connectivity index (χ0) is 11.5. The van der Waals surface area contributed by atoms with Gasteiger partial charge in [-0.2, -0.15) is 13.2 Å². The first-order valence-electron chi connectivity index (χ1n) is 4.21. The van der Waals surface area contributed by atoms with Crippen LogP contribution >= 0.6 is 0 Å². The summed E-state index contributed by atoms with van der Waals surface area (Å²) in [7, 11) is 1.24.